The summed E-state index contributed by atoms with van der Waals surface area (Å²) in [7, 11) is 0. The van der Waals surface area contributed by atoms with Crippen molar-refractivity contribution >= 4 is 5.78 Å². The van der Waals surface area contributed by atoms with Gasteiger partial charge in [-0.3, -0.25) is 4.79 Å². The molecular formula is C9H4F6O. The highest BCUT2D eigenvalue weighted by Crippen LogP contribution is 2.41. The van der Waals surface area contributed by atoms with E-state index in [-0.39, 0.29) is 0 Å². The normalized spacial score (nSPS) is 16.9. The molecule has 0 N–H and O–H groups in total. The van der Waals surface area contributed by atoms with Crippen LogP contribution in [0.5, 0.6) is 0 Å². The summed E-state index contributed by atoms with van der Waals surface area (Å²) in [5.74, 6) is -0.660. The van der Waals surface area contributed by atoms with Gasteiger partial charge in [0, 0.05) is 0 Å². The first-order valence-electron chi connectivity index (χ1n) is 3.91. The van der Waals surface area contributed by atoms with E-state index in [9.17, 15) is 31.1 Å². The predicted octanol–water partition coefficient (Wildman–Crippen LogP) is 3.10. The van der Waals surface area contributed by atoms with Crippen LogP contribution in [0.2, 0.25) is 0 Å². The lowest BCUT2D eigenvalue weighted by Crippen LogP contribution is -2.27. The van der Waals surface area contributed by atoms with Gasteiger partial charge in [0.2, 0.25) is 0 Å². The minimum Gasteiger partial charge on any atom is -0.290 e. The first-order chi connectivity index (χ1) is 7.12. The van der Waals surface area contributed by atoms with Crippen LogP contribution in [0, 0.1) is 0 Å². The van der Waals surface area contributed by atoms with Gasteiger partial charge in [0.05, 0.1) is 0 Å². The fourth-order valence-corrected chi connectivity index (χ4v) is 1.11. The van der Waals surface area contributed by atoms with Crippen LogP contribution in [0.15, 0.2) is 35.5 Å². The van der Waals surface area contributed by atoms with E-state index in [1.165, 1.54) is 0 Å². The average molecular weight is 242 g/mol. The van der Waals surface area contributed by atoms with Crippen molar-refractivity contribution in [2.75, 3.05) is 0 Å². The summed E-state index contributed by atoms with van der Waals surface area (Å²) in [5.41, 5.74) is -3.68. The standard InChI is InChI=1S/C9H4F6O/c10-8(11,12)7(9(13,14)15)5-1-3-6(16)4-2-5/h1-4H. The molecule has 0 aromatic heterocycles. The first kappa shape index (κ1) is 12.5. The Morgan fingerprint density at radius 3 is 1.50 bits per heavy atom. The molecule has 0 saturated heterocycles. The molecule has 0 amide bonds. The molecule has 7 heteroatoms. The second kappa shape index (κ2) is 3.80. The second-order valence-electron chi connectivity index (χ2n) is 2.89. The highest BCUT2D eigenvalue weighted by molar-refractivity contribution is 6.01. The maximum Gasteiger partial charge on any atom is 0.421 e. The Balaban J connectivity index is 3.33. The van der Waals surface area contributed by atoms with Crippen LogP contribution >= 0.6 is 0 Å². The molecule has 88 valence electrons. The average Bonchev–Trinajstić information content (AvgIpc) is 2.03. The molecule has 0 radical (unpaired) electrons. The minimum absolute atomic E-state index is 0.499. The number of rotatable bonds is 0. The van der Waals surface area contributed by atoms with Gasteiger partial charge in [0.25, 0.3) is 0 Å². The third-order valence-corrected chi connectivity index (χ3v) is 1.71. The Labute approximate surface area is 85.7 Å². The Morgan fingerprint density at radius 1 is 0.812 bits per heavy atom. The molecule has 0 aromatic rings. The van der Waals surface area contributed by atoms with Crippen molar-refractivity contribution in [1.29, 1.82) is 0 Å². The van der Waals surface area contributed by atoms with Crippen LogP contribution in [0.4, 0.5) is 26.3 Å². The fourth-order valence-electron chi connectivity index (χ4n) is 1.11. The summed E-state index contributed by atoms with van der Waals surface area (Å²) in [6, 6.07) is 0. The SMILES string of the molecule is O=C1C=CC(=C(C(F)(F)F)C(F)(F)F)C=C1. The van der Waals surface area contributed by atoms with Gasteiger partial charge in [-0.15, -0.1) is 0 Å². The third-order valence-electron chi connectivity index (χ3n) is 1.71. The van der Waals surface area contributed by atoms with Crippen LogP contribution < -0.4 is 0 Å². The molecule has 1 nitrogen and oxygen atoms in total. The maximum atomic E-state index is 12.2. The van der Waals surface area contributed by atoms with E-state index < -0.39 is 29.3 Å². The molecule has 0 bridgehead atoms. The minimum atomic E-state index is -5.51. The highest BCUT2D eigenvalue weighted by atomic mass is 19.4. The van der Waals surface area contributed by atoms with Crippen LogP contribution in [-0.2, 0) is 4.79 Å². The van der Waals surface area contributed by atoms with Gasteiger partial charge in [-0.05, 0) is 17.7 Å². The first-order valence-corrected chi connectivity index (χ1v) is 3.91. The van der Waals surface area contributed by atoms with E-state index in [0.29, 0.717) is 24.3 Å². The van der Waals surface area contributed by atoms with Crippen LogP contribution in [-0.4, -0.2) is 18.1 Å². The number of carbonyl (C=O) groups excluding carboxylic acids is 1. The zero-order valence-corrected chi connectivity index (χ0v) is 7.49. The Morgan fingerprint density at radius 2 is 1.19 bits per heavy atom. The monoisotopic (exact) mass is 242 g/mol. The van der Waals surface area contributed by atoms with Crippen molar-refractivity contribution in [2.24, 2.45) is 0 Å². The largest absolute Gasteiger partial charge is 0.421 e. The molecule has 0 atom stereocenters. The van der Waals surface area contributed by atoms with Crippen molar-refractivity contribution in [3.05, 3.63) is 35.5 Å². The van der Waals surface area contributed by atoms with Crippen molar-refractivity contribution < 1.29 is 31.1 Å². The van der Waals surface area contributed by atoms with Gasteiger partial charge < -0.3 is 0 Å². The van der Waals surface area contributed by atoms with Crippen LogP contribution in [0.1, 0.15) is 0 Å². The number of ketones is 1. The number of carbonyl (C=O) groups is 1. The molecule has 1 aliphatic rings. The van der Waals surface area contributed by atoms with Gasteiger partial charge >= 0.3 is 12.4 Å². The van der Waals surface area contributed by atoms with Crippen molar-refractivity contribution in [3.8, 4) is 0 Å². The molecule has 0 aliphatic heterocycles. The fraction of sp³-hybridized carbons (Fsp3) is 0.222. The maximum absolute atomic E-state index is 12.2. The lowest BCUT2D eigenvalue weighted by atomic mass is 10.0. The highest BCUT2D eigenvalue weighted by Gasteiger charge is 2.52. The molecule has 0 aromatic carbocycles. The molecule has 1 rings (SSSR count). The van der Waals surface area contributed by atoms with Crippen LogP contribution in [0.25, 0.3) is 0 Å². The lowest BCUT2D eigenvalue weighted by molar-refractivity contribution is -0.172. The Hall–Kier alpha value is -1.53. The molecule has 16 heavy (non-hydrogen) atoms. The van der Waals surface area contributed by atoms with E-state index in [0.717, 1.165) is 0 Å². The summed E-state index contributed by atoms with van der Waals surface area (Å²) in [5, 5.41) is 0. The smallest absolute Gasteiger partial charge is 0.290 e. The molecular weight excluding hydrogens is 238 g/mol. The van der Waals surface area contributed by atoms with Crippen molar-refractivity contribution in [2.45, 2.75) is 12.4 Å². The van der Waals surface area contributed by atoms with Gasteiger partial charge in [-0.2, -0.15) is 26.3 Å². The molecule has 0 fully saturated rings. The summed E-state index contributed by atoms with van der Waals surface area (Å²) < 4.78 is 73.0. The predicted molar refractivity (Wildman–Crippen MR) is 42.4 cm³/mol. The zero-order valence-electron chi connectivity index (χ0n) is 7.49. The molecule has 0 saturated carbocycles. The van der Waals surface area contributed by atoms with Crippen molar-refractivity contribution in [1.82, 2.24) is 0 Å². The Kier molecular flexibility index (Phi) is 2.98. The third kappa shape index (κ3) is 2.74. The molecule has 0 heterocycles. The summed E-state index contributed by atoms with van der Waals surface area (Å²) >= 11 is 0. The van der Waals surface area contributed by atoms with E-state index in [1.807, 2.05) is 0 Å². The topological polar surface area (TPSA) is 17.1 Å². The summed E-state index contributed by atoms with van der Waals surface area (Å²) in [6.45, 7) is 0. The number of allylic oxidation sites excluding steroid dienone is 6. The van der Waals surface area contributed by atoms with Gasteiger partial charge in [-0.1, -0.05) is 12.2 Å². The Bertz CT molecular complexity index is 359. The molecule has 1 aliphatic carbocycles. The molecule has 0 spiro atoms. The van der Waals surface area contributed by atoms with E-state index in [2.05, 4.69) is 0 Å². The zero-order chi connectivity index (χ0) is 12.6. The van der Waals surface area contributed by atoms with Gasteiger partial charge in [-0.25, -0.2) is 0 Å². The quantitative estimate of drug-likeness (QED) is 0.596. The van der Waals surface area contributed by atoms with E-state index in [1.54, 1.807) is 0 Å². The summed E-state index contributed by atoms with van der Waals surface area (Å²) in [4.78, 5) is 10.6. The van der Waals surface area contributed by atoms with Gasteiger partial charge in [0.1, 0.15) is 5.57 Å². The van der Waals surface area contributed by atoms with Crippen LogP contribution in [0.3, 0.4) is 0 Å². The number of alkyl halides is 6. The number of hydrogen-bond donors (Lipinski definition) is 0. The van der Waals surface area contributed by atoms with Gasteiger partial charge in [0.15, 0.2) is 5.78 Å². The molecule has 0 unspecified atom stereocenters. The van der Waals surface area contributed by atoms with Crippen molar-refractivity contribution in [3.63, 3.8) is 0 Å². The van der Waals surface area contributed by atoms with E-state index in [4.69, 9.17) is 0 Å². The van der Waals surface area contributed by atoms with E-state index >= 15 is 0 Å². The second-order valence-corrected chi connectivity index (χ2v) is 2.89. The number of hydrogen-bond acceptors (Lipinski definition) is 1. The number of halogens is 6. The summed E-state index contributed by atoms with van der Waals surface area (Å²) in [6.07, 6.45) is -8.73. The lowest BCUT2D eigenvalue weighted by Gasteiger charge is -2.17.